The average molecular weight is 257 g/mol. The summed E-state index contributed by atoms with van der Waals surface area (Å²) in [6, 6.07) is 8.59. The summed E-state index contributed by atoms with van der Waals surface area (Å²) in [7, 11) is 0. The van der Waals surface area contributed by atoms with Crippen molar-refractivity contribution < 1.29 is 5.11 Å². The predicted molar refractivity (Wildman–Crippen MR) is 72.7 cm³/mol. The summed E-state index contributed by atoms with van der Waals surface area (Å²) in [5.74, 6) is 0. The molecule has 1 aliphatic rings. The molecule has 96 valence electrons. The average Bonchev–Trinajstić information content (AvgIpc) is 2.31. The van der Waals surface area contributed by atoms with Gasteiger partial charge in [-0.3, -0.25) is 4.90 Å². The first-order chi connectivity index (χ1) is 7.81. The van der Waals surface area contributed by atoms with E-state index in [0.29, 0.717) is 0 Å². The van der Waals surface area contributed by atoms with Gasteiger partial charge in [-0.05, 0) is 12.5 Å². The van der Waals surface area contributed by atoms with Crippen LogP contribution >= 0.6 is 12.4 Å². The van der Waals surface area contributed by atoms with Crippen LogP contribution in [0.1, 0.15) is 17.2 Å². The van der Waals surface area contributed by atoms with Gasteiger partial charge < -0.3 is 10.4 Å². The summed E-state index contributed by atoms with van der Waals surface area (Å²) in [6.45, 7) is 6.35. The van der Waals surface area contributed by atoms with Gasteiger partial charge in [0.05, 0.1) is 12.6 Å². The Bertz CT molecular complexity index is 340. The van der Waals surface area contributed by atoms with Crippen LogP contribution in [0.15, 0.2) is 24.3 Å². The van der Waals surface area contributed by atoms with Crippen molar-refractivity contribution in [2.75, 3.05) is 32.8 Å². The van der Waals surface area contributed by atoms with Crippen molar-refractivity contribution in [1.82, 2.24) is 10.2 Å². The number of piperazine rings is 1. The number of hydrogen-bond donors (Lipinski definition) is 2. The molecule has 0 aliphatic carbocycles. The first-order valence-corrected chi connectivity index (χ1v) is 5.93. The van der Waals surface area contributed by atoms with E-state index in [0.717, 1.165) is 26.2 Å². The van der Waals surface area contributed by atoms with Crippen LogP contribution < -0.4 is 5.32 Å². The SMILES string of the molecule is Cc1cccc([C@H](CO)N2CCNCC2)c1.Cl. The molecule has 1 aromatic rings. The lowest BCUT2D eigenvalue weighted by Gasteiger charge is -2.34. The highest BCUT2D eigenvalue weighted by Crippen LogP contribution is 2.21. The highest BCUT2D eigenvalue weighted by atomic mass is 35.5. The van der Waals surface area contributed by atoms with Gasteiger partial charge in [0, 0.05) is 26.2 Å². The van der Waals surface area contributed by atoms with Gasteiger partial charge in [-0.25, -0.2) is 0 Å². The molecule has 1 aliphatic heterocycles. The fourth-order valence-corrected chi connectivity index (χ4v) is 2.30. The number of aliphatic hydroxyl groups excluding tert-OH is 1. The van der Waals surface area contributed by atoms with Gasteiger partial charge in [-0.1, -0.05) is 29.8 Å². The minimum Gasteiger partial charge on any atom is -0.394 e. The van der Waals surface area contributed by atoms with E-state index in [4.69, 9.17) is 0 Å². The Morgan fingerprint density at radius 3 is 2.65 bits per heavy atom. The van der Waals surface area contributed by atoms with E-state index in [1.54, 1.807) is 0 Å². The van der Waals surface area contributed by atoms with Crippen molar-refractivity contribution >= 4 is 12.4 Å². The topological polar surface area (TPSA) is 35.5 Å². The van der Waals surface area contributed by atoms with Gasteiger partial charge in [-0.15, -0.1) is 12.4 Å². The summed E-state index contributed by atoms with van der Waals surface area (Å²) in [4.78, 5) is 2.35. The van der Waals surface area contributed by atoms with E-state index in [2.05, 4.69) is 41.4 Å². The van der Waals surface area contributed by atoms with Gasteiger partial charge in [-0.2, -0.15) is 0 Å². The Labute approximate surface area is 109 Å². The largest absolute Gasteiger partial charge is 0.394 e. The van der Waals surface area contributed by atoms with Crippen molar-refractivity contribution in [2.45, 2.75) is 13.0 Å². The van der Waals surface area contributed by atoms with Gasteiger partial charge >= 0.3 is 0 Å². The number of hydrogen-bond acceptors (Lipinski definition) is 3. The van der Waals surface area contributed by atoms with Crippen LogP contribution in [0.2, 0.25) is 0 Å². The van der Waals surface area contributed by atoms with Crippen molar-refractivity contribution in [3.8, 4) is 0 Å². The van der Waals surface area contributed by atoms with E-state index >= 15 is 0 Å². The predicted octanol–water partition coefficient (Wildman–Crippen LogP) is 1.36. The lowest BCUT2D eigenvalue weighted by atomic mass is 10.0. The van der Waals surface area contributed by atoms with Crippen LogP contribution in [0.4, 0.5) is 0 Å². The number of benzene rings is 1. The smallest absolute Gasteiger partial charge is 0.0628 e. The molecule has 17 heavy (non-hydrogen) atoms. The third kappa shape index (κ3) is 3.68. The number of rotatable bonds is 3. The fourth-order valence-electron chi connectivity index (χ4n) is 2.30. The van der Waals surface area contributed by atoms with Gasteiger partial charge in [0.2, 0.25) is 0 Å². The van der Waals surface area contributed by atoms with Crippen molar-refractivity contribution in [2.24, 2.45) is 0 Å². The number of nitrogens with one attached hydrogen (secondary N) is 1. The highest BCUT2D eigenvalue weighted by Gasteiger charge is 2.21. The third-order valence-corrected chi connectivity index (χ3v) is 3.19. The summed E-state index contributed by atoms with van der Waals surface area (Å²) in [5, 5.41) is 12.9. The number of aliphatic hydroxyl groups is 1. The Morgan fingerprint density at radius 1 is 1.35 bits per heavy atom. The maximum absolute atomic E-state index is 9.56. The van der Waals surface area contributed by atoms with Gasteiger partial charge in [0.25, 0.3) is 0 Å². The normalized spacial score (nSPS) is 18.5. The molecule has 0 aromatic heterocycles. The molecule has 1 fully saturated rings. The van der Waals surface area contributed by atoms with E-state index < -0.39 is 0 Å². The molecule has 0 spiro atoms. The quantitative estimate of drug-likeness (QED) is 0.857. The zero-order valence-corrected chi connectivity index (χ0v) is 11.0. The number of halogens is 1. The maximum Gasteiger partial charge on any atom is 0.0628 e. The second-order valence-electron chi connectivity index (χ2n) is 4.40. The third-order valence-electron chi connectivity index (χ3n) is 3.19. The van der Waals surface area contributed by atoms with Crippen molar-refractivity contribution in [3.05, 3.63) is 35.4 Å². The first-order valence-electron chi connectivity index (χ1n) is 5.93. The molecule has 2 rings (SSSR count). The molecule has 1 saturated heterocycles. The molecule has 2 N–H and O–H groups in total. The molecule has 0 unspecified atom stereocenters. The molecule has 4 heteroatoms. The second-order valence-corrected chi connectivity index (χ2v) is 4.40. The summed E-state index contributed by atoms with van der Waals surface area (Å²) in [6.07, 6.45) is 0. The molecule has 1 aromatic carbocycles. The standard InChI is InChI=1S/C13H20N2O.ClH/c1-11-3-2-4-12(9-11)13(10-16)15-7-5-14-6-8-15;/h2-4,9,13-14,16H,5-8,10H2,1H3;1H/t13-;/m0./s1. The molecule has 0 radical (unpaired) electrons. The zero-order valence-electron chi connectivity index (χ0n) is 10.2. The lowest BCUT2D eigenvalue weighted by Crippen LogP contribution is -2.46. The Kier molecular flexibility index (Phi) is 5.92. The van der Waals surface area contributed by atoms with Crippen LogP contribution in [0, 0.1) is 6.92 Å². The van der Waals surface area contributed by atoms with Crippen LogP contribution in [0.3, 0.4) is 0 Å². The lowest BCUT2D eigenvalue weighted by molar-refractivity contribution is 0.111. The van der Waals surface area contributed by atoms with Gasteiger partial charge in [0.15, 0.2) is 0 Å². The second kappa shape index (κ2) is 6.97. The van der Waals surface area contributed by atoms with Gasteiger partial charge in [0.1, 0.15) is 0 Å². The van der Waals surface area contributed by atoms with E-state index in [1.807, 2.05) is 0 Å². The monoisotopic (exact) mass is 256 g/mol. The minimum absolute atomic E-state index is 0. The van der Waals surface area contributed by atoms with E-state index in [1.165, 1.54) is 11.1 Å². The van der Waals surface area contributed by atoms with Crippen LogP contribution in [0.25, 0.3) is 0 Å². The zero-order chi connectivity index (χ0) is 11.4. The van der Waals surface area contributed by atoms with Crippen LogP contribution in [-0.2, 0) is 0 Å². The molecule has 1 heterocycles. The maximum atomic E-state index is 9.56. The number of nitrogens with zero attached hydrogens (tertiary/aromatic N) is 1. The summed E-state index contributed by atoms with van der Waals surface area (Å²) in [5.41, 5.74) is 2.48. The Balaban J connectivity index is 0.00000144. The summed E-state index contributed by atoms with van der Waals surface area (Å²) >= 11 is 0. The molecule has 0 amide bonds. The Morgan fingerprint density at radius 2 is 2.06 bits per heavy atom. The minimum atomic E-state index is 0. The van der Waals surface area contributed by atoms with Crippen LogP contribution in [-0.4, -0.2) is 42.8 Å². The van der Waals surface area contributed by atoms with E-state index in [9.17, 15) is 5.11 Å². The molecule has 0 bridgehead atoms. The van der Waals surface area contributed by atoms with E-state index in [-0.39, 0.29) is 25.1 Å². The highest BCUT2D eigenvalue weighted by molar-refractivity contribution is 5.85. The molecule has 3 nitrogen and oxygen atoms in total. The van der Waals surface area contributed by atoms with Crippen LogP contribution in [0.5, 0.6) is 0 Å². The van der Waals surface area contributed by atoms with Crippen molar-refractivity contribution in [1.29, 1.82) is 0 Å². The molecular formula is C13H21ClN2O. The Hall–Kier alpha value is -0.610. The molecular weight excluding hydrogens is 236 g/mol. The first kappa shape index (κ1) is 14.5. The summed E-state index contributed by atoms with van der Waals surface area (Å²) < 4.78 is 0. The fraction of sp³-hybridized carbons (Fsp3) is 0.538. The van der Waals surface area contributed by atoms with Crippen molar-refractivity contribution in [3.63, 3.8) is 0 Å². The number of aryl methyl sites for hydroxylation is 1. The molecule has 0 saturated carbocycles. The molecule has 1 atom stereocenters.